The molecule has 26 heavy (non-hydrogen) atoms. The monoisotopic (exact) mass is 362 g/mol. The molecule has 0 aliphatic heterocycles. The van der Waals surface area contributed by atoms with Gasteiger partial charge in [-0.2, -0.15) is 0 Å². The fraction of sp³-hybridized carbons (Fsp3) is 0.250. The Kier molecular flexibility index (Phi) is 6.42. The maximum atomic E-state index is 10.6. The van der Waals surface area contributed by atoms with Gasteiger partial charge in [0.05, 0.1) is 22.0 Å². The summed E-state index contributed by atoms with van der Waals surface area (Å²) in [4.78, 5) is 20.1. The second-order valence-electron chi connectivity index (χ2n) is 5.49. The molecule has 10 heteroatoms. The summed E-state index contributed by atoms with van der Waals surface area (Å²) < 4.78 is 0. The van der Waals surface area contributed by atoms with Crippen molar-refractivity contribution in [3.8, 4) is 11.5 Å². The molecule has 0 unspecified atom stereocenters. The summed E-state index contributed by atoms with van der Waals surface area (Å²) in [5.41, 5.74) is 0.749. The third-order valence-electron chi connectivity index (χ3n) is 3.67. The first kappa shape index (κ1) is 19.1. The first-order valence-corrected chi connectivity index (χ1v) is 7.72. The van der Waals surface area contributed by atoms with Gasteiger partial charge < -0.3 is 20.8 Å². The highest BCUT2D eigenvalue weighted by Crippen LogP contribution is 2.24. The van der Waals surface area contributed by atoms with Crippen LogP contribution in [0.3, 0.4) is 0 Å². The maximum absolute atomic E-state index is 10.6. The number of aromatic hydroxyl groups is 2. The summed E-state index contributed by atoms with van der Waals surface area (Å²) in [6, 6.07) is 7.84. The average molecular weight is 362 g/mol. The van der Waals surface area contributed by atoms with Gasteiger partial charge in [0, 0.05) is 49.4 Å². The minimum Gasteiger partial charge on any atom is -0.507 e. The Labute approximate surface area is 148 Å². The van der Waals surface area contributed by atoms with Crippen LogP contribution in [0, 0.1) is 20.2 Å². The van der Waals surface area contributed by atoms with Crippen molar-refractivity contribution in [2.75, 3.05) is 13.1 Å². The number of hydrogen-bond acceptors (Lipinski definition) is 8. The van der Waals surface area contributed by atoms with Crippen LogP contribution in [-0.2, 0) is 13.1 Å². The molecule has 2 aromatic carbocycles. The van der Waals surface area contributed by atoms with E-state index < -0.39 is 9.85 Å². The van der Waals surface area contributed by atoms with Gasteiger partial charge in [-0.1, -0.05) is 0 Å². The SMILES string of the molecule is O=[N+]([O-])c1ccc(CNCCNCc2ccc([N+](=O)[O-])cc2O)c(O)c1. The molecule has 2 rings (SSSR count). The van der Waals surface area contributed by atoms with Crippen LogP contribution in [0.5, 0.6) is 11.5 Å². The van der Waals surface area contributed by atoms with E-state index in [1.165, 1.54) is 24.3 Å². The number of phenols is 2. The van der Waals surface area contributed by atoms with Crippen molar-refractivity contribution < 1.29 is 20.1 Å². The molecule has 0 bridgehead atoms. The topological polar surface area (TPSA) is 151 Å². The molecule has 0 aromatic heterocycles. The van der Waals surface area contributed by atoms with E-state index in [0.717, 1.165) is 12.1 Å². The fourth-order valence-electron chi connectivity index (χ4n) is 2.25. The molecule has 0 spiro atoms. The summed E-state index contributed by atoms with van der Waals surface area (Å²) in [5.74, 6) is -0.286. The zero-order chi connectivity index (χ0) is 19.1. The molecule has 0 fully saturated rings. The van der Waals surface area contributed by atoms with Gasteiger partial charge in [0.15, 0.2) is 0 Å². The van der Waals surface area contributed by atoms with E-state index >= 15 is 0 Å². The Balaban J connectivity index is 1.73. The van der Waals surface area contributed by atoms with Gasteiger partial charge in [-0.3, -0.25) is 20.2 Å². The number of nitrogens with one attached hydrogen (secondary N) is 2. The third kappa shape index (κ3) is 5.13. The van der Waals surface area contributed by atoms with Gasteiger partial charge in [-0.05, 0) is 12.1 Å². The minimum absolute atomic E-state index is 0.143. The van der Waals surface area contributed by atoms with Gasteiger partial charge in [-0.15, -0.1) is 0 Å². The number of hydrogen-bond donors (Lipinski definition) is 4. The molecule has 0 aliphatic rings. The highest BCUT2D eigenvalue weighted by molar-refractivity contribution is 5.44. The summed E-state index contributed by atoms with van der Waals surface area (Å²) >= 11 is 0. The van der Waals surface area contributed by atoms with Gasteiger partial charge in [0.2, 0.25) is 0 Å². The zero-order valence-corrected chi connectivity index (χ0v) is 13.7. The van der Waals surface area contributed by atoms with Crippen LogP contribution >= 0.6 is 0 Å². The quantitative estimate of drug-likeness (QED) is 0.299. The molecule has 138 valence electrons. The Bertz CT molecular complexity index is 744. The lowest BCUT2D eigenvalue weighted by molar-refractivity contribution is -0.385. The van der Waals surface area contributed by atoms with E-state index in [-0.39, 0.29) is 22.9 Å². The molecule has 0 aliphatic carbocycles. The van der Waals surface area contributed by atoms with E-state index in [1.54, 1.807) is 0 Å². The lowest BCUT2D eigenvalue weighted by atomic mass is 10.1. The summed E-state index contributed by atoms with van der Waals surface area (Å²) in [7, 11) is 0. The molecule has 0 saturated heterocycles. The third-order valence-corrected chi connectivity index (χ3v) is 3.67. The smallest absolute Gasteiger partial charge is 0.273 e. The minimum atomic E-state index is -0.575. The van der Waals surface area contributed by atoms with Gasteiger partial charge >= 0.3 is 0 Å². The number of nitro groups is 2. The zero-order valence-electron chi connectivity index (χ0n) is 13.7. The molecule has 4 N–H and O–H groups in total. The van der Waals surface area contributed by atoms with Crippen LogP contribution < -0.4 is 10.6 Å². The number of phenolic OH excluding ortho intramolecular Hbond substituents is 2. The van der Waals surface area contributed by atoms with Crippen LogP contribution in [0.1, 0.15) is 11.1 Å². The normalized spacial score (nSPS) is 10.6. The van der Waals surface area contributed by atoms with Crippen LogP contribution in [0.15, 0.2) is 36.4 Å². The van der Waals surface area contributed by atoms with E-state index in [0.29, 0.717) is 37.3 Å². The lowest BCUT2D eigenvalue weighted by Gasteiger charge is -2.09. The molecule has 0 heterocycles. The number of nitrogens with zero attached hydrogens (tertiary/aromatic N) is 2. The highest BCUT2D eigenvalue weighted by atomic mass is 16.6. The van der Waals surface area contributed by atoms with Crippen molar-refractivity contribution in [3.63, 3.8) is 0 Å². The van der Waals surface area contributed by atoms with Crippen molar-refractivity contribution in [1.29, 1.82) is 0 Å². The van der Waals surface area contributed by atoms with Crippen molar-refractivity contribution >= 4 is 11.4 Å². The van der Waals surface area contributed by atoms with Gasteiger partial charge in [-0.25, -0.2) is 0 Å². The van der Waals surface area contributed by atoms with Crippen molar-refractivity contribution in [2.24, 2.45) is 0 Å². The molecule has 0 atom stereocenters. The molecule has 0 radical (unpaired) electrons. The second kappa shape index (κ2) is 8.74. The Morgan fingerprint density at radius 2 is 1.15 bits per heavy atom. The standard InChI is InChI=1S/C16H18N4O6/c21-15-7-13(19(23)24)3-1-11(15)9-17-5-6-18-10-12-2-4-14(20(25)26)8-16(12)22/h1-4,7-8,17-18,21-22H,5-6,9-10H2. The number of benzene rings is 2. The first-order valence-electron chi connectivity index (χ1n) is 7.72. The Morgan fingerprint density at radius 3 is 1.46 bits per heavy atom. The van der Waals surface area contributed by atoms with E-state index in [9.17, 15) is 30.4 Å². The first-order chi connectivity index (χ1) is 12.4. The second-order valence-corrected chi connectivity index (χ2v) is 5.49. The van der Waals surface area contributed by atoms with Gasteiger partial charge in [0.1, 0.15) is 11.5 Å². The predicted octanol–water partition coefficient (Wildman–Crippen LogP) is 1.79. The molecule has 10 nitrogen and oxygen atoms in total. The molecule has 2 aromatic rings. The Morgan fingerprint density at radius 1 is 0.769 bits per heavy atom. The highest BCUT2D eigenvalue weighted by Gasteiger charge is 2.10. The largest absolute Gasteiger partial charge is 0.507 e. The number of non-ortho nitro benzene ring substituents is 2. The van der Waals surface area contributed by atoms with E-state index in [4.69, 9.17) is 0 Å². The molecule has 0 amide bonds. The Hall–Kier alpha value is -3.24. The van der Waals surface area contributed by atoms with E-state index in [1.807, 2.05) is 0 Å². The predicted molar refractivity (Wildman–Crippen MR) is 92.9 cm³/mol. The van der Waals surface area contributed by atoms with Crippen molar-refractivity contribution in [2.45, 2.75) is 13.1 Å². The lowest BCUT2D eigenvalue weighted by Crippen LogP contribution is -2.26. The van der Waals surface area contributed by atoms with Crippen LogP contribution in [0.4, 0.5) is 11.4 Å². The van der Waals surface area contributed by atoms with Crippen molar-refractivity contribution in [3.05, 3.63) is 67.8 Å². The van der Waals surface area contributed by atoms with Crippen LogP contribution in [0.2, 0.25) is 0 Å². The maximum Gasteiger partial charge on any atom is 0.273 e. The van der Waals surface area contributed by atoms with E-state index in [2.05, 4.69) is 10.6 Å². The number of nitro benzene ring substituents is 2. The number of rotatable bonds is 9. The van der Waals surface area contributed by atoms with Gasteiger partial charge in [0.25, 0.3) is 11.4 Å². The summed E-state index contributed by atoms with van der Waals surface area (Å²) in [6.07, 6.45) is 0. The van der Waals surface area contributed by atoms with Crippen LogP contribution in [-0.4, -0.2) is 33.1 Å². The van der Waals surface area contributed by atoms with Crippen molar-refractivity contribution in [1.82, 2.24) is 10.6 Å². The molecule has 0 saturated carbocycles. The average Bonchev–Trinajstić information content (AvgIpc) is 2.59. The summed E-state index contributed by atoms with van der Waals surface area (Å²) in [5, 5.41) is 46.9. The molecular weight excluding hydrogens is 344 g/mol. The molecular formula is C16H18N4O6. The van der Waals surface area contributed by atoms with Crippen LogP contribution in [0.25, 0.3) is 0 Å². The fourth-order valence-corrected chi connectivity index (χ4v) is 2.25. The summed E-state index contributed by atoms with van der Waals surface area (Å²) in [6.45, 7) is 1.77.